The highest BCUT2D eigenvalue weighted by molar-refractivity contribution is 6.01. The van der Waals surface area contributed by atoms with Crippen molar-refractivity contribution in [1.82, 2.24) is 0 Å². The van der Waals surface area contributed by atoms with E-state index < -0.39 is 0 Å². The van der Waals surface area contributed by atoms with Crippen molar-refractivity contribution in [1.29, 1.82) is 0 Å². The van der Waals surface area contributed by atoms with E-state index in [1.54, 1.807) is 24.3 Å². The predicted molar refractivity (Wildman–Crippen MR) is 98.8 cm³/mol. The molecule has 1 aliphatic rings. The molecule has 0 aliphatic carbocycles. The molecule has 3 aromatic rings. The second-order valence-electron chi connectivity index (χ2n) is 6.24. The summed E-state index contributed by atoms with van der Waals surface area (Å²) in [4.78, 5) is 0. The van der Waals surface area contributed by atoms with Gasteiger partial charge in [-0.15, -0.1) is 0 Å². The molecule has 1 heterocycles. The summed E-state index contributed by atoms with van der Waals surface area (Å²) < 4.78 is 5.90. The topological polar surface area (TPSA) is 49.7 Å². The molecular formula is C22H18O3. The minimum atomic E-state index is 0.190. The van der Waals surface area contributed by atoms with Crippen molar-refractivity contribution in [3.05, 3.63) is 89.0 Å². The van der Waals surface area contributed by atoms with Crippen LogP contribution in [0.25, 0.3) is 11.1 Å². The van der Waals surface area contributed by atoms with E-state index in [0.29, 0.717) is 12.4 Å². The van der Waals surface area contributed by atoms with Gasteiger partial charge in [-0.2, -0.15) is 0 Å². The van der Waals surface area contributed by atoms with Gasteiger partial charge in [0.05, 0.1) is 0 Å². The van der Waals surface area contributed by atoms with Crippen molar-refractivity contribution in [3.8, 4) is 17.2 Å². The van der Waals surface area contributed by atoms with Crippen LogP contribution in [0.3, 0.4) is 0 Å². The fraction of sp³-hybridized carbons (Fsp3) is 0.0909. The maximum absolute atomic E-state index is 9.77. The molecule has 3 aromatic carbocycles. The van der Waals surface area contributed by atoms with Gasteiger partial charge < -0.3 is 14.9 Å². The zero-order chi connectivity index (χ0) is 17.4. The Morgan fingerprint density at radius 2 is 1.40 bits per heavy atom. The molecule has 0 atom stereocenters. The second-order valence-corrected chi connectivity index (χ2v) is 6.24. The summed E-state index contributed by atoms with van der Waals surface area (Å²) in [6.45, 7) is 2.47. The fourth-order valence-electron chi connectivity index (χ4n) is 3.16. The van der Waals surface area contributed by atoms with E-state index in [-0.39, 0.29) is 11.5 Å². The third-order valence-electron chi connectivity index (χ3n) is 4.46. The number of ether oxygens (including phenoxy) is 1. The molecule has 0 radical (unpaired) electrons. The number of hydrogen-bond donors (Lipinski definition) is 2. The summed E-state index contributed by atoms with van der Waals surface area (Å²) in [5.74, 6) is 1.11. The lowest BCUT2D eigenvalue weighted by Gasteiger charge is -2.25. The number of aromatic hydroxyl groups is 2. The molecule has 124 valence electrons. The predicted octanol–water partition coefficient (Wildman–Crippen LogP) is 4.76. The molecule has 25 heavy (non-hydrogen) atoms. The Morgan fingerprint density at radius 1 is 0.760 bits per heavy atom. The van der Waals surface area contributed by atoms with E-state index in [4.69, 9.17) is 4.74 Å². The van der Waals surface area contributed by atoms with Crippen LogP contribution in [0.15, 0.2) is 66.7 Å². The largest absolute Gasteiger partial charge is 0.508 e. The lowest BCUT2D eigenvalue weighted by Crippen LogP contribution is -2.11. The summed E-state index contributed by atoms with van der Waals surface area (Å²) in [6.07, 6.45) is 0. The zero-order valence-electron chi connectivity index (χ0n) is 13.9. The Morgan fingerprint density at radius 3 is 2.12 bits per heavy atom. The molecule has 0 spiro atoms. The third-order valence-corrected chi connectivity index (χ3v) is 4.46. The number of fused-ring (bicyclic) bond motifs is 1. The SMILES string of the molecule is Cc1ccc(C2=C(c3ccc(O)cc3)COc3cc(O)ccc32)cc1. The molecule has 0 saturated heterocycles. The Kier molecular flexibility index (Phi) is 3.69. The van der Waals surface area contributed by atoms with Crippen LogP contribution < -0.4 is 4.74 Å². The van der Waals surface area contributed by atoms with Crippen molar-refractivity contribution < 1.29 is 14.9 Å². The summed E-state index contributed by atoms with van der Waals surface area (Å²) in [5, 5.41) is 19.4. The lowest BCUT2D eigenvalue weighted by molar-refractivity contribution is 0.361. The van der Waals surface area contributed by atoms with Gasteiger partial charge in [0.1, 0.15) is 23.9 Å². The molecule has 3 heteroatoms. The highest BCUT2D eigenvalue weighted by Crippen LogP contribution is 2.42. The van der Waals surface area contributed by atoms with Crippen LogP contribution in [0.1, 0.15) is 22.3 Å². The van der Waals surface area contributed by atoms with Gasteiger partial charge in [0.25, 0.3) is 0 Å². The van der Waals surface area contributed by atoms with Crippen LogP contribution in [-0.4, -0.2) is 16.8 Å². The minimum absolute atomic E-state index is 0.190. The van der Waals surface area contributed by atoms with E-state index in [9.17, 15) is 10.2 Å². The molecule has 0 bridgehead atoms. The maximum Gasteiger partial charge on any atom is 0.131 e. The molecule has 4 rings (SSSR count). The van der Waals surface area contributed by atoms with Crippen LogP contribution in [0.4, 0.5) is 0 Å². The molecule has 0 saturated carbocycles. The van der Waals surface area contributed by atoms with Crippen molar-refractivity contribution in [3.63, 3.8) is 0 Å². The summed E-state index contributed by atoms with van der Waals surface area (Å²) in [5.41, 5.74) is 6.41. The normalized spacial score (nSPS) is 13.3. The Bertz CT molecular complexity index is 952. The van der Waals surface area contributed by atoms with Crippen LogP contribution in [0, 0.1) is 6.92 Å². The van der Waals surface area contributed by atoms with E-state index >= 15 is 0 Å². The molecule has 0 unspecified atom stereocenters. The highest BCUT2D eigenvalue weighted by atomic mass is 16.5. The minimum Gasteiger partial charge on any atom is -0.508 e. The van der Waals surface area contributed by atoms with Crippen molar-refractivity contribution >= 4 is 11.1 Å². The monoisotopic (exact) mass is 330 g/mol. The molecule has 0 fully saturated rings. The van der Waals surface area contributed by atoms with E-state index in [0.717, 1.165) is 27.8 Å². The number of hydrogen-bond acceptors (Lipinski definition) is 3. The number of aryl methyl sites for hydroxylation is 1. The molecule has 3 nitrogen and oxygen atoms in total. The summed E-state index contributed by atoms with van der Waals surface area (Å²) in [6, 6.07) is 20.8. The standard InChI is InChI=1S/C22H18O3/c1-14-2-4-16(5-3-14)22-19-11-10-18(24)12-21(19)25-13-20(22)15-6-8-17(23)9-7-15/h2-12,23-24H,13H2,1H3. The first-order valence-corrected chi connectivity index (χ1v) is 8.17. The Balaban J connectivity index is 1.97. The number of phenolic OH excluding ortho intramolecular Hbond substituents is 2. The lowest BCUT2D eigenvalue weighted by atomic mass is 9.87. The van der Waals surface area contributed by atoms with Gasteiger partial charge in [-0.05, 0) is 47.9 Å². The first-order chi connectivity index (χ1) is 12.1. The average molecular weight is 330 g/mol. The van der Waals surface area contributed by atoms with E-state index in [1.807, 2.05) is 18.2 Å². The smallest absolute Gasteiger partial charge is 0.131 e. The quantitative estimate of drug-likeness (QED) is 0.712. The van der Waals surface area contributed by atoms with Crippen molar-refractivity contribution in [2.75, 3.05) is 6.61 Å². The molecule has 2 N–H and O–H groups in total. The van der Waals surface area contributed by atoms with Crippen LogP contribution in [0.2, 0.25) is 0 Å². The molecule has 0 amide bonds. The van der Waals surface area contributed by atoms with Crippen LogP contribution in [0.5, 0.6) is 17.2 Å². The van der Waals surface area contributed by atoms with Gasteiger partial charge in [0.2, 0.25) is 0 Å². The first kappa shape index (κ1) is 15.3. The number of rotatable bonds is 2. The maximum atomic E-state index is 9.77. The Hall–Kier alpha value is -3.20. The van der Waals surface area contributed by atoms with Gasteiger partial charge in [0, 0.05) is 17.2 Å². The van der Waals surface area contributed by atoms with Gasteiger partial charge in [-0.25, -0.2) is 0 Å². The van der Waals surface area contributed by atoms with E-state index in [1.165, 1.54) is 5.56 Å². The highest BCUT2D eigenvalue weighted by Gasteiger charge is 2.23. The van der Waals surface area contributed by atoms with Gasteiger partial charge in [-0.1, -0.05) is 42.0 Å². The number of phenols is 2. The van der Waals surface area contributed by atoms with Crippen LogP contribution in [-0.2, 0) is 0 Å². The Labute approximate surface area is 146 Å². The van der Waals surface area contributed by atoms with Gasteiger partial charge in [0.15, 0.2) is 0 Å². The molecule has 0 aromatic heterocycles. The van der Waals surface area contributed by atoms with E-state index in [2.05, 4.69) is 31.2 Å². The molecular weight excluding hydrogens is 312 g/mol. The fourth-order valence-corrected chi connectivity index (χ4v) is 3.16. The molecule has 1 aliphatic heterocycles. The zero-order valence-corrected chi connectivity index (χ0v) is 13.9. The summed E-state index contributed by atoms with van der Waals surface area (Å²) in [7, 11) is 0. The first-order valence-electron chi connectivity index (χ1n) is 8.17. The van der Waals surface area contributed by atoms with Crippen LogP contribution >= 0.6 is 0 Å². The van der Waals surface area contributed by atoms with Crippen molar-refractivity contribution in [2.24, 2.45) is 0 Å². The average Bonchev–Trinajstić information content (AvgIpc) is 2.62. The second kappa shape index (κ2) is 6.02. The third kappa shape index (κ3) is 2.85. The number of benzene rings is 3. The van der Waals surface area contributed by atoms with Gasteiger partial charge >= 0.3 is 0 Å². The van der Waals surface area contributed by atoms with Gasteiger partial charge in [-0.3, -0.25) is 0 Å². The van der Waals surface area contributed by atoms with Crippen molar-refractivity contribution in [2.45, 2.75) is 6.92 Å². The summed E-state index contributed by atoms with van der Waals surface area (Å²) >= 11 is 0.